The van der Waals surface area contributed by atoms with Crippen LogP contribution in [0.4, 0.5) is 0 Å². The molecule has 0 aromatic heterocycles. The Labute approximate surface area is 78.6 Å². The summed E-state index contributed by atoms with van der Waals surface area (Å²) in [6.07, 6.45) is 0.329. The second kappa shape index (κ2) is 5.15. The van der Waals surface area contributed by atoms with E-state index in [0.717, 1.165) is 0 Å². The maximum Gasteiger partial charge on any atom is 0.0721 e. The third kappa shape index (κ3) is 3.57. The summed E-state index contributed by atoms with van der Waals surface area (Å²) in [4.78, 5) is 0.465. The first-order valence-electron chi connectivity index (χ1n) is 4.17. The maximum absolute atomic E-state index is 5.39. The summed E-state index contributed by atoms with van der Waals surface area (Å²) in [6.45, 7) is 8.78. The molecule has 68 valence electrons. The number of alkyl halides is 1. The molecular weight excluding hydrogens is 204 g/mol. The Balaban J connectivity index is 4.02. The first-order chi connectivity index (χ1) is 5.00. The van der Waals surface area contributed by atoms with Crippen molar-refractivity contribution < 1.29 is 4.74 Å². The summed E-state index contributed by atoms with van der Waals surface area (Å²) >= 11 is 3.64. The number of rotatable bonds is 4. The fraction of sp³-hybridized carbons (Fsp3) is 1.00. The molecule has 0 aliphatic carbocycles. The van der Waals surface area contributed by atoms with Gasteiger partial charge in [-0.3, -0.25) is 0 Å². The second-order valence-electron chi connectivity index (χ2n) is 3.63. The Hall–Kier alpha value is 0.440. The van der Waals surface area contributed by atoms with E-state index in [0.29, 0.717) is 22.8 Å². The Morgan fingerprint density at radius 2 is 1.45 bits per heavy atom. The minimum Gasteiger partial charge on any atom is -0.380 e. The normalized spacial score (nSPS) is 17.5. The zero-order valence-electron chi connectivity index (χ0n) is 8.10. The predicted molar refractivity (Wildman–Crippen MR) is 53.2 cm³/mol. The Morgan fingerprint density at radius 1 is 1.00 bits per heavy atom. The van der Waals surface area contributed by atoms with Gasteiger partial charge in [0.15, 0.2) is 0 Å². The van der Waals surface area contributed by atoms with Crippen LogP contribution < -0.4 is 0 Å². The molecule has 0 saturated carbocycles. The second-order valence-corrected chi connectivity index (χ2v) is 4.69. The quantitative estimate of drug-likeness (QED) is 0.665. The topological polar surface area (TPSA) is 9.23 Å². The number of hydrogen-bond donors (Lipinski definition) is 0. The van der Waals surface area contributed by atoms with Gasteiger partial charge in [-0.1, -0.05) is 43.6 Å². The first-order valence-corrected chi connectivity index (χ1v) is 5.09. The van der Waals surface area contributed by atoms with Gasteiger partial charge in [-0.05, 0) is 11.8 Å². The van der Waals surface area contributed by atoms with Crippen LogP contribution in [0.15, 0.2) is 0 Å². The largest absolute Gasteiger partial charge is 0.380 e. The van der Waals surface area contributed by atoms with E-state index in [1.807, 2.05) is 0 Å². The van der Waals surface area contributed by atoms with Crippen LogP contribution >= 0.6 is 15.9 Å². The molecule has 0 heterocycles. The Bertz CT molecular complexity index is 102. The van der Waals surface area contributed by atoms with Crippen LogP contribution in [0, 0.1) is 11.8 Å². The summed E-state index contributed by atoms with van der Waals surface area (Å²) in [5.74, 6) is 1.20. The van der Waals surface area contributed by atoms with E-state index in [-0.39, 0.29) is 0 Å². The van der Waals surface area contributed by atoms with E-state index in [2.05, 4.69) is 43.6 Å². The number of halogens is 1. The zero-order chi connectivity index (χ0) is 9.02. The number of ether oxygens (including phenoxy) is 1. The number of methoxy groups -OCH3 is 1. The van der Waals surface area contributed by atoms with Gasteiger partial charge in [-0.15, -0.1) is 0 Å². The van der Waals surface area contributed by atoms with Gasteiger partial charge in [0, 0.05) is 11.9 Å². The van der Waals surface area contributed by atoms with Crippen LogP contribution in [0.1, 0.15) is 27.7 Å². The van der Waals surface area contributed by atoms with Crippen molar-refractivity contribution in [3.63, 3.8) is 0 Å². The third-order valence-corrected chi connectivity index (χ3v) is 3.46. The lowest BCUT2D eigenvalue weighted by atomic mass is 9.97. The zero-order valence-corrected chi connectivity index (χ0v) is 9.68. The van der Waals surface area contributed by atoms with Crippen LogP contribution in [0.25, 0.3) is 0 Å². The lowest BCUT2D eigenvalue weighted by Gasteiger charge is -2.27. The van der Waals surface area contributed by atoms with Crippen LogP contribution in [0.2, 0.25) is 0 Å². The highest BCUT2D eigenvalue weighted by Crippen LogP contribution is 2.23. The van der Waals surface area contributed by atoms with Crippen LogP contribution in [-0.2, 0) is 4.74 Å². The average Bonchev–Trinajstić information content (AvgIpc) is 1.88. The molecule has 0 saturated heterocycles. The minimum atomic E-state index is 0.329. The molecule has 0 spiro atoms. The Morgan fingerprint density at radius 3 is 1.55 bits per heavy atom. The molecular formula is C9H19BrO. The van der Waals surface area contributed by atoms with E-state index in [9.17, 15) is 0 Å². The fourth-order valence-electron chi connectivity index (χ4n) is 1.15. The van der Waals surface area contributed by atoms with E-state index in [4.69, 9.17) is 4.74 Å². The highest BCUT2D eigenvalue weighted by atomic mass is 79.9. The monoisotopic (exact) mass is 222 g/mol. The van der Waals surface area contributed by atoms with E-state index >= 15 is 0 Å². The Kier molecular flexibility index (Phi) is 5.36. The van der Waals surface area contributed by atoms with Crippen molar-refractivity contribution in [1.29, 1.82) is 0 Å². The smallest absolute Gasteiger partial charge is 0.0721 e. The molecule has 11 heavy (non-hydrogen) atoms. The lowest BCUT2D eigenvalue weighted by molar-refractivity contribution is 0.0556. The molecule has 0 aromatic carbocycles. The van der Waals surface area contributed by atoms with Crippen molar-refractivity contribution in [2.75, 3.05) is 7.11 Å². The molecule has 0 fully saturated rings. The SMILES string of the molecule is CO[C@H](C(C)C)[C@H](Br)C(C)C. The summed E-state index contributed by atoms with van der Waals surface area (Å²) < 4.78 is 5.39. The summed E-state index contributed by atoms with van der Waals surface area (Å²) in [5.41, 5.74) is 0. The van der Waals surface area contributed by atoms with Crippen LogP contribution in [0.3, 0.4) is 0 Å². The van der Waals surface area contributed by atoms with E-state index in [1.165, 1.54) is 0 Å². The van der Waals surface area contributed by atoms with Gasteiger partial charge in [0.1, 0.15) is 0 Å². The molecule has 2 atom stereocenters. The van der Waals surface area contributed by atoms with Gasteiger partial charge in [0.05, 0.1) is 6.10 Å². The molecule has 0 unspecified atom stereocenters. The summed E-state index contributed by atoms with van der Waals surface area (Å²) in [5, 5.41) is 0. The highest BCUT2D eigenvalue weighted by Gasteiger charge is 2.24. The van der Waals surface area contributed by atoms with Gasteiger partial charge in [0.25, 0.3) is 0 Å². The van der Waals surface area contributed by atoms with Crippen LogP contribution in [0.5, 0.6) is 0 Å². The van der Waals surface area contributed by atoms with Gasteiger partial charge in [-0.25, -0.2) is 0 Å². The summed E-state index contributed by atoms with van der Waals surface area (Å²) in [7, 11) is 1.78. The van der Waals surface area contributed by atoms with Crippen molar-refractivity contribution in [3.05, 3.63) is 0 Å². The molecule has 0 aliphatic rings. The molecule has 2 heteroatoms. The summed E-state index contributed by atoms with van der Waals surface area (Å²) in [6, 6.07) is 0. The molecule has 0 radical (unpaired) electrons. The maximum atomic E-state index is 5.39. The minimum absolute atomic E-state index is 0.329. The van der Waals surface area contributed by atoms with Gasteiger partial charge in [-0.2, -0.15) is 0 Å². The molecule has 0 bridgehead atoms. The van der Waals surface area contributed by atoms with E-state index < -0.39 is 0 Å². The van der Waals surface area contributed by atoms with Crippen LogP contribution in [-0.4, -0.2) is 18.0 Å². The van der Waals surface area contributed by atoms with Gasteiger partial charge >= 0.3 is 0 Å². The molecule has 0 aliphatic heterocycles. The van der Waals surface area contributed by atoms with Crippen molar-refractivity contribution in [2.45, 2.75) is 38.6 Å². The predicted octanol–water partition coefficient (Wildman–Crippen LogP) is 3.08. The van der Waals surface area contributed by atoms with Gasteiger partial charge < -0.3 is 4.74 Å². The van der Waals surface area contributed by atoms with Gasteiger partial charge in [0.2, 0.25) is 0 Å². The third-order valence-electron chi connectivity index (χ3n) is 1.88. The standard InChI is InChI=1S/C9H19BrO/c1-6(2)8(10)9(11-5)7(3)4/h6-9H,1-5H3/t8-,9-/m1/s1. The lowest BCUT2D eigenvalue weighted by Crippen LogP contribution is -2.32. The molecule has 0 N–H and O–H groups in total. The van der Waals surface area contributed by atoms with Crippen molar-refractivity contribution in [3.8, 4) is 0 Å². The molecule has 0 rings (SSSR count). The van der Waals surface area contributed by atoms with Crippen molar-refractivity contribution in [1.82, 2.24) is 0 Å². The molecule has 0 amide bonds. The van der Waals surface area contributed by atoms with E-state index in [1.54, 1.807) is 7.11 Å². The molecule has 1 nitrogen and oxygen atoms in total. The number of hydrogen-bond acceptors (Lipinski definition) is 1. The van der Waals surface area contributed by atoms with Crippen molar-refractivity contribution >= 4 is 15.9 Å². The first kappa shape index (κ1) is 11.4. The molecule has 0 aromatic rings. The fourth-order valence-corrected chi connectivity index (χ4v) is 1.98. The van der Waals surface area contributed by atoms with Crippen molar-refractivity contribution in [2.24, 2.45) is 11.8 Å². The average molecular weight is 223 g/mol. The highest BCUT2D eigenvalue weighted by molar-refractivity contribution is 9.09.